The third-order valence-electron chi connectivity index (χ3n) is 5.47. The van der Waals surface area contributed by atoms with Gasteiger partial charge in [0.1, 0.15) is 11.8 Å². The lowest BCUT2D eigenvalue weighted by Gasteiger charge is -2.37. The number of aliphatic imine (C=N–C) groups is 1. The van der Waals surface area contributed by atoms with E-state index >= 15 is 4.39 Å². The topological polar surface area (TPSA) is 135 Å². The quantitative estimate of drug-likeness (QED) is 0.518. The Bertz CT molecular complexity index is 1190. The van der Waals surface area contributed by atoms with Crippen molar-refractivity contribution in [2.45, 2.75) is 17.3 Å². The summed E-state index contributed by atoms with van der Waals surface area (Å²) in [6.07, 6.45) is -3.77. The molecule has 4 rings (SSSR count). The van der Waals surface area contributed by atoms with Crippen molar-refractivity contribution in [2.75, 3.05) is 25.6 Å². The smallest absolute Gasteiger partial charge is 0.410 e. The highest BCUT2D eigenvalue weighted by atomic mass is 32.2. The van der Waals surface area contributed by atoms with E-state index < -0.39 is 53.4 Å². The number of fused-ring (bicyclic) bond motifs is 1. The summed E-state index contributed by atoms with van der Waals surface area (Å²) in [5.74, 6) is -4.47. The first-order valence-corrected chi connectivity index (χ1v) is 10.8. The Kier molecular flexibility index (Phi) is 6.80. The van der Waals surface area contributed by atoms with Gasteiger partial charge in [0, 0.05) is 29.8 Å². The fourth-order valence-corrected chi connectivity index (χ4v) is 5.26. The van der Waals surface area contributed by atoms with Crippen LogP contribution in [0.4, 0.5) is 28.0 Å². The highest BCUT2D eigenvalue weighted by Crippen LogP contribution is 2.54. The second-order valence-electron chi connectivity index (χ2n) is 7.50. The lowest BCUT2D eigenvalue weighted by molar-refractivity contribution is -0.0378. The van der Waals surface area contributed by atoms with E-state index in [2.05, 4.69) is 20.3 Å². The van der Waals surface area contributed by atoms with Crippen molar-refractivity contribution < 1.29 is 41.7 Å². The number of alkyl halides is 2. The Morgan fingerprint density at radius 2 is 2.03 bits per heavy atom. The lowest BCUT2D eigenvalue weighted by Crippen LogP contribution is -2.45. The number of carboxylic acid groups (broad SMARTS) is 1. The summed E-state index contributed by atoms with van der Waals surface area (Å²) in [7, 11) is 1.36. The number of hydrogen-bond acceptors (Lipinski definition) is 8. The van der Waals surface area contributed by atoms with Crippen LogP contribution in [-0.4, -0.2) is 65.0 Å². The largest absolute Gasteiger partial charge is 0.480 e. The number of halogens is 4. The third-order valence-corrected chi connectivity index (χ3v) is 6.90. The minimum atomic E-state index is -2.95. The van der Waals surface area contributed by atoms with E-state index in [1.54, 1.807) is 0 Å². The molecule has 0 radical (unpaired) electrons. The van der Waals surface area contributed by atoms with Crippen LogP contribution in [0.5, 0.6) is 5.88 Å². The molecule has 2 aromatic rings. The molecule has 2 aliphatic rings. The molecule has 10 nitrogen and oxygen atoms in total. The van der Waals surface area contributed by atoms with Gasteiger partial charge in [0.05, 0.1) is 30.9 Å². The van der Waals surface area contributed by atoms with Crippen LogP contribution in [0.15, 0.2) is 29.5 Å². The highest BCUT2D eigenvalue weighted by Gasteiger charge is 2.58. The minimum absolute atomic E-state index is 0.151. The number of rotatable bonds is 5. The lowest BCUT2D eigenvalue weighted by atomic mass is 9.83. The van der Waals surface area contributed by atoms with Gasteiger partial charge in [-0.05, 0) is 6.07 Å². The number of amides is 2. The van der Waals surface area contributed by atoms with Crippen molar-refractivity contribution >= 4 is 34.6 Å². The molecule has 1 fully saturated rings. The molecule has 0 spiro atoms. The summed E-state index contributed by atoms with van der Waals surface area (Å²) < 4.78 is 65.5. The first kappa shape index (κ1) is 24.7. The first-order chi connectivity index (χ1) is 16.6. The van der Waals surface area contributed by atoms with Gasteiger partial charge in [-0.25, -0.2) is 32.3 Å². The Labute approximate surface area is 199 Å². The average molecular weight is 515 g/mol. The zero-order chi connectivity index (χ0) is 25.3. The van der Waals surface area contributed by atoms with Crippen LogP contribution in [0.3, 0.4) is 0 Å². The summed E-state index contributed by atoms with van der Waals surface area (Å²) >= 11 is 0.647. The summed E-state index contributed by atoms with van der Waals surface area (Å²) in [5.41, 5.74) is -0.723. The van der Waals surface area contributed by atoms with E-state index in [1.165, 1.54) is 13.3 Å². The van der Waals surface area contributed by atoms with Crippen molar-refractivity contribution in [2.24, 2.45) is 10.9 Å². The van der Waals surface area contributed by atoms with E-state index in [-0.39, 0.29) is 34.5 Å². The molecule has 1 saturated heterocycles. The van der Waals surface area contributed by atoms with Crippen LogP contribution in [0.2, 0.25) is 0 Å². The normalized spacial score (nSPS) is 23.4. The van der Waals surface area contributed by atoms with Crippen LogP contribution in [-0.2, 0) is 9.48 Å². The van der Waals surface area contributed by atoms with E-state index in [4.69, 9.17) is 14.6 Å². The van der Waals surface area contributed by atoms with E-state index in [1.807, 2.05) is 5.32 Å². The monoisotopic (exact) mass is 515 g/mol. The van der Waals surface area contributed by atoms with Crippen molar-refractivity contribution in [1.29, 1.82) is 0 Å². The van der Waals surface area contributed by atoms with E-state index in [9.17, 15) is 22.8 Å². The van der Waals surface area contributed by atoms with Crippen LogP contribution < -0.4 is 15.4 Å². The zero-order valence-electron chi connectivity index (χ0n) is 17.8. The Hall–Kier alpha value is -3.46. The first-order valence-electron chi connectivity index (χ1n) is 9.94. The van der Waals surface area contributed by atoms with Gasteiger partial charge in [-0.3, -0.25) is 15.1 Å². The molecular weight excluding hydrogens is 498 g/mol. The number of benzene rings is 1. The highest BCUT2D eigenvalue weighted by molar-refractivity contribution is 8.14. The van der Waals surface area contributed by atoms with Gasteiger partial charge < -0.3 is 19.9 Å². The summed E-state index contributed by atoms with van der Waals surface area (Å²) in [4.78, 5) is 35.3. The number of carbonyl (C=O) groups excluding carboxylic acids is 1. The van der Waals surface area contributed by atoms with Crippen LogP contribution in [0, 0.1) is 17.6 Å². The number of anilines is 1. The van der Waals surface area contributed by atoms with Crippen LogP contribution in [0.25, 0.3) is 0 Å². The van der Waals surface area contributed by atoms with E-state index in [0.717, 1.165) is 18.3 Å². The Morgan fingerprint density at radius 3 is 2.66 bits per heavy atom. The summed E-state index contributed by atoms with van der Waals surface area (Å²) in [6, 6.07) is 1.81. The molecule has 0 bridgehead atoms. The maximum atomic E-state index is 15.1. The van der Waals surface area contributed by atoms with Crippen molar-refractivity contribution in [3.8, 4) is 5.88 Å². The predicted molar refractivity (Wildman–Crippen MR) is 115 cm³/mol. The molecule has 3 N–H and O–H groups in total. The minimum Gasteiger partial charge on any atom is -0.480 e. The standard InChI is InChI=1S/C20H17F4N5O5S/c1-33-13-6-25-12(5-26-13)17(30)28-8-2-9(14(22)11(21)3-8)20-7-34-15(16(23)24)10(20)4-27-18(35-20)29-19(31)32/h2-3,5-6,10,15-16H,4,7H2,1H3,(H,27,29)(H,28,30)(H,31,32)/t10-,15-,20+/m0/s1. The number of aromatic nitrogens is 2. The number of hydrogen-bond donors (Lipinski definition) is 3. The fraction of sp³-hybridized carbons (Fsp3) is 0.350. The van der Waals surface area contributed by atoms with Crippen molar-refractivity contribution in [3.05, 3.63) is 47.4 Å². The van der Waals surface area contributed by atoms with Crippen LogP contribution in [0.1, 0.15) is 16.1 Å². The molecule has 1 aromatic heterocycles. The fourth-order valence-electron chi connectivity index (χ4n) is 3.89. The molecule has 3 atom stereocenters. The number of carbonyl (C=O) groups is 2. The molecule has 0 aliphatic carbocycles. The van der Waals surface area contributed by atoms with Gasteiger partial charge >= 0.3 is 6.09 Å². The summed E-state index contributed by atoms with van der Waals surface area (Å²) in [5, 5.41) is 13.2. The Balaban J connectivity index is 1.72. The van der Waals surface area contributed by atoms with Gasteiger partial charge in [0.15, 0.2) is 16.8 Å². The van der Waals surface area contributed by atoms with Gasteiger partial charge in [-0.2, -0.15) is 0 Å². The number of thioether (sulfide) groups is 1. The van der Waals surface area contributed by atoms with Gasteiger partial charge in [-0.15, -0.1) is 0 Å². The maximum absolute atomic E-state index is 15.1. The molecule has 2 amide bonds. The number of nitrogens with zero attached hydrogens (tertiary/aromatic N) is 3. The van der Waals surface area contributed by atoms with Gasteiger partial charge in [-0.1, -0.05) is 11.8 Å². The molecule has 35 heavy (non-hydrogen) atoms. The second-order valence-corrected chi connectivity index (χ2v) is 8.82. The van der Waals surface area contributed by atoms with Gasteiger partial charge in [0.2, 0.25) is 5.88 Å². The Morgan fingerprint density at radius 1 is 1.26 bits per heavy atom. The summed E-state index contributed by atoms with van der Waals surface area (Å²) in [6.45, 7) is -0.800. The van der Waals surface area contributed by atoms with Crippen LogP contribution >= 0.6 is 11.8 Å². The van der Waals surface area contributed by atoms with E-state index in [0.29, 0.717) is 11.8 Å². The number of amidine groups is 1. The van der Waals surface area contributed by atoms with Crippen molar-refractivity contribution in [3.63, 3.8) is 0 Å². The molecule has 2 aliphatic heterocycles. The van der Waals surface area contributed by atoms with Crippen molar-refractivity contribution in [1.82, 2.24) is 15.3 Å². The molecule has 0 unspecified atom stereocenters. The molecule has 0 saturated carbocycles. The van der Waals surface area contributed by atoms with Gasteiger partial charge in [0.25, 0.3) is 12.3 Å². The molecule has 1 aromatic carbocycles. The molecule has 15 heteroatoms. The molecule has 186 valence electrons. The number of methoxy groups -OCH3 is 1. The third kappa shape index (κ3) is 4.73. The predicted octanol–water partition coefficient (Wildman–Crippen LogP) is 2.86. The molecule has 3 heterocycles. The SMILES string of the molecule is COc1cnc(C(=O)Nc2cc(F)c(F)c([C@]34CO[C@H](C(F)F)[C@@H]3CN=C(NC(=O)O)S4)c2)cn1. The maximum Gasteiger partial charge on any atom is 0.410 e. The second kappa shape index (κ2) is 9.65. The average Bonchev–Trinajstić information content (AvgIpc) is 3.21. The zero-order valence-corrected chi connectivity index (χ0v) is 18.6. The number of nitrogens with one attached hydrogen (secondary N) is 2. The molecular formula is C20H17F4N5O5S. The number of ether oxygens (including phenoxy) is 2.